The molecule has 0 aliphatic carbocycles. The minimum atomic E-state index is 0.473. The van der Waals surface area contributed by atoms with E-state index >= 15 is 0 Å². The number of hydrogen-bond donors (Lipinski definition) is 0. The van der Waals surface area contributed by atoms with E-state index in [1.165, 1.54) is 26.4 Å². The Balaban J connectivity index is 2.37. The topological polar surface area (TPSA) is 3.88 Å². The van der Waals surface area contributed by atoms with E-state index in [-0.39, 0.29) is 0 Å². The third-order valence-electron chi connectivity index (χ3n) is 3.79. The zero-order valence-corrected chi connectivity index (χ0v) is 13.9. The Morgan fingerprint density at radius 3 is 2.19 bits per heavy atom. The number of nitrogens with zero attached hydrogens (tertiary/aromatic N) is 1. The molecule has 0 aliphatic rings. The molecule has 1 heterocycles. The molecule has 3 aromatic rings. The van der Waals surface area contributed by atoms with Crippen LogP contribution in [0, 0.1) is 0 Å². The van der Waals surface area contributed by atoms with E-state index in [0.717, 1.165) is 0 Å². The molecule has 0 atom stereocenters. The van der Waals surface area contributed by atoms with E-state index in [0.29, 0.717) is 12.0 Å². The molecule has 0 bridgehead atoms. The Kier molecular flexibility index (Phi) is 3.81. The van der Waals surface area contributed by atoms with Crippen LogP contribution in [-0.2, 0) is 0 Å². The standard InChI is InChI=1S/C19H22NS/c1-13(2)19-20(14(3)4)18-16(11-8-12-17(18)21-19)15-9-6-5-7-10-15/h5-14H,1-4H3/q+1. The minimum absolute atomic E-state index is 0.473. The second kappa shape index (κ2) is 5.61. The van der Waals surface area contributed by atoms with Crippen LogP contribution in [0.1, 0.15) is 44.7 Å². The molecule has 0 saturated carbocycles. The summed E-state index contributed by atoms with van der Waals surface area (Å²) in [6.45, 7) is 9.12. The second-order valence-corrected chi connectivity index (χ2v) is 7.14. The third-order valence-corrected chi connectivity index (χ3v) is 5.21. The van der Waals surface area contributed by atoms with Crippen LogP contribution in [0.15, 0.2) is 48.5 Å². The van der Waals surface area contributed by atoms with Gasteiger partial charge in [0.15, 0.2) is 6.04 Å². The number of para-hydroxylation sites is 1. The summed E-state index contributed by atoms with van der Waals surface area (Å²) in [5, 5.41) is 1.46. The Bertz CT molecular complexity index is 754. The first-order valence-corrected chi connectivity index (χ1v) is 8.43. The summed E-state index contributed by atoms with van der Waals surface area (Å²) >= 11 is 1.93. The maximum absolute atomic E-state index is 2.52. The molecule has 0 saturated heterocycles. The van der Waals surface area contributed by atoms with Crippen molar-refractivity contribution in [1.29, 1.82) is 0 Å². The predicted octanol–water partition coefficient (Wildman–Crippen LogP) is 5.56. The van der Waals surface area contributed by atoms with Crippen molar-refractivity contribution in [2.24, 2.45) is 0 Å². The first-order valence-electron chi connectivity index (χ1n) is 7.62. The Morgan fingerprint density at radius 2 is 1.57 bits per heavy atom. The largest absolute Gasteiger partial charge is 0.241 e. The quantitative estimate of drug-likeness (QED) is 0.557. The van der Waals surface area contributed by atoms with E-state index in [9.17, 15) is 0 Å². The van der Waals surface area contributed by atoms with Gasteiger partial charge in [-0.1, -0.05) is 61.6 Å². The summed E-state index contributed by atoms with van der Waals surface area (Å²) in [6.07, 6.45) is 0. The summed E-state index contributed by atoms with van der Waals surface area (Å²) in [5.74, 6) is 0.549. The maximum atomic E-state index is 2.52. The molecule has 2 aromatic carbocycles. The van der Waals surface area contributed by atoms with Crippen LogP contribution in [0.25, 0.3) is 21.3 Å². The van der Waals surface area contributed by atoms with Crippen LogP contribution < -0.4 is 4.57 Å². The van der Waals surface area contributed by atoms with Crippen LogP contribution in [0.4, 0.5) is 0 Å². The van der Waals surface area contributed by atoms with Crippen molar-refractivity contribution in [1.82, 2.24) is 0 Å². The van der Waals surface area contributed by atoms with Gasteiger partial charge in [0.25, 0.3) is 0 Å². The number of hydrogen-bond acceptors (Lipinski definition) is 1. The third kappa shape index (κ3) is 2.49. The smallest absolute Gasteiger partial charge is 0.183 e. The number of aromatic nitrogens is 1. The summed E-state index contributed by atoms with van der Waals surface area (Å²) < 4.78 is 3.90. The predicted molar refractivity (Wildman–Crippen MR) is 91.9 cm³/mol. The molecule has 21 heavy (non-hydrogen) atoms. The Hall–Kier alpha value is -1.67. The zero-order valence-electron chi connectivity index (χ0n) is 13.1. The highest BCUT2D eigenvalue weighted by molar-refractivity contribution is 7.18. The molecule has 0 fully saturated rings. The summed E-state index contributed by atoms with van der Waals surface area (Å²) in [4.78, 5) is 0. The van der Waals surface area contributed by atoms with Crippen molar-refractivity contribution in [3.63, 3.8) is 0 Å². The van der Waals surface area contributed by atoms with Gasteiger partial charge in [-0.2, -0.15) is 4.57 Å². The molecule has 0 radical (unpaired) electrons. The van der Waals surface area contributed by atoms with Gasteiger partial charge in [0.1, 0.15) is 4.70 Å². The van der Waals surface area contributed by atoms with Gasteiger partial charge in [0, 0.05) is 5.92 Å². The lowest BCUT2D eigenvalue weighted by Crippen LogP contribution is -2.39. The molecular weight excluding hydrogens is 274 g/mol. The average molecular weight is 296 g/mol. The van der Waals surface area contributed by atoms with Crippen LogP contribution in [-0.4, -0.2) is 0 Å². The van der Waals surface area contributed by atoms with Gasteiger partial charge in [0.05, 0.1) is 5.56 Å². The summed E-state index contributed by atoms with van der Waals surface area (Å²) in [5.41, 5.74) is 4.02. The normalized spacial score (nSPS) is 11.7. The van der Waals surface area contributed by atoms with E-state index in [1.807, 2.05) is 11.3 Å². The molecule has 2 heteroatoms. The van der Waals surface area contributed by atoms with Gasteiger partial charge < -0.3 is 0 Å². The van der Waals surface area contributed by atoms with Crippen molar-refractivity contribution < 1.29 is 4.57 Å². The lowest BCUT2D eigenvalue weighted by atomic mass is 10.0. The fourth-order valence-corrected chi connectivity index (χ4v) is 4.20. The van der Waals surface area contributed by atoms with E-state index < -0.39 is 0 Å². The van der Waals surface area contributed by atoms with E-state index in [1.54, 1.807) is 0 Å². The van der Waals surface area contributed by atoms with Crippen molar-refractivity contribution in [2.45, 2.75) is 39.7 Å². The van der Waals surface area contributed by atoms with E-state index in [2.05, 4.69) is 80.8 Å². The summed E-state index contributed by atoms with van der Waals surface area (Å²) in [7, 11) is 0. The number of benzene rings is 2. The van der Waals surface area contributed by atoms with Crippen LogP contribution in [0.2, 0.25) is 0 Å². The lowest BCUT2D eigenvalue weighted by molar-refractivity contribution is -0.694. The molecule has 0 N–H and O–H groups in total. The molecule has 0 unspecified atom stereocenters. The van der Waals surface area contributed by atoms with Crippen molar-refractivity contribution in [2.75, 3.05) is 0 Å². The Morgan fingerprint density at radius 1 is 0.857 bits per heavy atom. The molecule has 0 aliphatic heterocycles. The van der Waals surface area contributed by atoms with Crippen LogP contribution in [0.3, 0.4) is 0 Å². The Labute approximate surface area is 130 Å². The minimum Gasteiger partial charge on any atom is -0.183 e. The van der Waals surface area contributed by atoms with Gasteiger partial charge in [-0.05, 0) is 31.5 Å². The van der Waals surface area contributed by atoms with Gasteiger partial charge in [-0.15, -0.1) is 0 Å². The van der Waals surface area contributed by atoms with Gasteiger partial charge in [0.2, 0.25) is 10.5 Å². The SMILES string of the molecule is CC(C)c1sc2cccc(-c3ccccc3)c2[n+]1C(C)C. The van der Waals surface area contributed by atoms with Gasteiger partial charge >= 0.3 is 0 Å². The number of fused-ring (bicyclic) bond motifs is 1. The van der Waals surface area contributed by atoms with Crippen molar-refractivity contribution in [3.8, 4) is 11.1 Å². The maximum Gasteiger partial charge on any atom is 0.241 e. The first-order chi connectivity index (χ1) is 10.1. The van der Waals surface area contributed by atoms with Crippen molar-refractivity contribution in [3.05, 3.63) is 53.5 Å². The van der Waals surface area contributed by atoms with E-state index in [4.69, 9.17) is 0 Å². The molecule has 0 amide bonds. The van der Waals surface area contributed by atoms with Crippen LogP contribution in [0.5, 0.6) is 0 Å². The fourth-order valence-electron chi connectivity index (χ4n) is 2.88. The van der Waals surface area contributed by atoms with Crippen molar-refractivity contribution >= 4 is 21.6 Å². The molecule has 1 nitrogen and oxygen atoms in total. The highest BCUT2D eigenvalue weighted by atomic mass is 32.1. The summed E-state index contributed by atoms with van der Waals surface area (Å²) in [6, 6.07) is 17.8. The fraction of sp³-hybridized carbons (Fsp3) is 0.316. The van der Waals surface area contributed by atoms with Gasteiger partial charge in [-0.25, -0.2) is 0 Å². The second-order valence-electron chi connectivity index (χ2n) is 6.08. The molecule has 0 spiro atoms. The monoisotopic (exact) mass is 296 g/mol. The lowest BCUT2D eigenvalue weighted by Gasteiger charge is -2.07. The molecule has 108 valence electrons. The average Bonchev–Trinajstić information content (AvgIpc) is 2.88. The molecular formula is C19H22NS+. The highest BCUT2D eigenvalue weighted by Crippen LogP contribution is 2.33. The first kappa shape index (κ1) is 14.3. The van der Waals surface area contributed by atoms with Gasteiger partial charge in [-0.3, -0.25) is 0 Å². The zero-order chi connectivity index (χ0) is 15.0. The highest BCUT2D eigenvalue weighted by Gasteiger charge is 2.27. The number of thiazole rings is 1. The molecule has 3 rings (SSSR count). The molecule has 1 aromatic heterocycles. The van der Waals surface area contributed by atoms with Crippen LogP contribution >= 0.6 is 11.3 Å². The number of rotatable bonds is 3.